The lowest BCUT2D eigenvalue weighted by Crippen LogP contribution is -2.33. The summed E-state index contributed by atoms with van der Waals surface area (Å²) in [6.07, 6.45) is -4.50. The smallest absolute Gasteiger partial charge is 0.380 e. The first kappa shape index (κ1) is 20.9. The van der Waals surface area contributed by atoms with Crippen LogP contribution in [-0.4, -0.2) is 37.4 Å². The summed E-state index contributed by atoms with van der Waals surface area (Å²) in [6.45, 7) is 0.434. The van der Waals surface area contributed by atoms with Crippen LogP contribution in [0, 0.1) is 5.92 Å². The number of hydrogen-bond acceptors (Lipinski definition) is 3. The van der Waals surface area contributed by atoms with Gasteiger partial charge in [-0.2, -0.15) is 13.2 Å². The number of benzene rings is 2. The Labute approximate surface area is 166 Å². The monoisotopic (exact) mass is 406 g/mol. The van der Waals surface area contributed by atoms with Crippen molar-refractivity contribution in [2.24, 2.45) is 5.92 Å². The molecule has 2 atom stereocenters. The van der Waals surface area contributed by atoms with E-state index in [-0.39, 0.29) is 13.2 Å². The highest BCUT2D eigenvalue weighted by molar-refractivity contribution is 6.08. The highest BCUT2D eigenvalue weighted by Gasteiger charge is 2.45. The van der Waals surface area contributed by atoms with E-state index in [0.29, 0.717) is 11.3 Å². The second-order valence-electron chi connectivity index (χ2n) is 7.01. The second-order valence-corrected chi connectivity index (χ2v) is 7.01. The molecular formula is C21H21F3N2O3. The lowest BCUT2D eigenvalue weighted by Gasteiger charge is -2.19. The van der Waals surface area contributed by atoms with Crippen LogP contribution in [0.15, 0.2) is 48.5 Å². The van der Waals surface area contributed by atoms with Crippen LogP contribution in [0.2, 0.25) is 0 Å². The van der Waals surface area contributed by atoms with Gasteiger partial charge >= 0.3 is 6.18 Å². The van der Waals surface area contributed by atoms with Gasteiger partial charge in [0.1, 0.15) is 5.92 Å². The van der Waals surface area contributed by atoms with Crippen molar-refractivity contribution in [2.45, 2.75) is 18.7 Å². The maximum absolute atomic E-state index is 13.1. The molecule has 2 aromatic carbocycles. The van der Waals surface area contributed by atoms with E-state index < -0.39 is 35.4 Å². The molecule has 0 aliphatic carbocycles. The number of likely N-dealkylation sites (tertiary alicyclic amines) is 1. The van der Waals surface area contributed by atoms with E-state index in [1.165, 1.54) is 31.2 Å². The molecule has 8 heteroatoms. The number of nitrogens with one attached hydrogen (secondary N) is 1. The number of likely N-dealkylation sites (N-methyl/N-ethyl adjacent to an activating group) is 1. The van der Waals surface area contributed by atoms with E-state index >= 15 is 0 Å². The van der Waals surface area contributed by atoms with Gasteiger partial charge in [-0.3, -0.25) is 9.59 Å². The third-order valence-electron chi connectivity index (χ3n) is 5.01. The molecule has 0 aromatic heterocycles. The van der Waals surface area contributed by atoms with E-state index in [1.54, 1.807) is 24.3 Å². The van der Waals surface area contributed by atoms with Crippen molar-refractivity contribution in [1.29, 1.82) is 0 Å². The Morgan fingerprint density at radius 2 is 1.93 bits per heavy atom. The van der Waals surface area contributed by atoms with Crippen molar-refractivity contribution in [3.63, 3.8) is 0 Å². The molecule has 1 aliphatic heterocycles. The van der Waals surface area contributed by atoms with Gasteiger partial charge in [0.25, 0.3) is 0 Å². The summed E-state index contributed by atoms with van der Waals surface area (Å²) in [7, 11) is 3.06. The molecule has 2 amide bonds. The zero-order chi connectivity index (χ0) is 21.2. The van der Waals surface area contributed by atoms with Crippen molar-refractivity contribution in [3.05, 3.63) is 65.2 Å². The summed E-state index contributed by atoms with van der Waals surface area (Å²) in [5.41, 5.74) is 0.742. The van der Waals surface area contributed by atoms with Crippen LogP contribution in [0.4, 0.5) is 18.9 Å². The molecule has 1 fully saturated rings. The van der Waals surface area contributed by atoms with Gasteiger partial charge in [-0.25, -0.2) is 0 Å². The van der Waals surface area contributed by atoms with Gasteiger partial charge < -0.3 is 15.0 Å². The number of amides is 2. The second kappa shape index (κ2) is 8.24. The molecule has 0 saturated carbocycles. The van der Waals surface area contributed by atoms with Gasteiger partial charge in [-0.05, 0) is 17.7 Å². The third kappa shape index (κ3) is 4.42. The van der Waals surface area contributed by atoms with E-state index in [1.807, 2.05) is 0 Å². The molecule has 2 aromatic rings. The first-order chi connectivity index (χ1) is 13.7. The van der Waals surface area contributed by atoms with Crippen LogP contribution in [0.25, 0.3) is 0 Å². The summed E-state index contributed by atoms with van der Waals surface area (Å²) in [5.74, 6) is -2.76. The Morgan fingerprint density at radius 3 is 2.62 bits per heavy atom. The summed E-state index contributed by atoms with van der Waals surface area (Å²) < 4.78 is 44.4. The number of halogens is 3. The minimum atomic E-state index is -4.50. The first-order valence-corrected chi connectivity index (χ1v) is 9.02. The van der Waals surface area contributed by atoms with Crippen LogP contribution < -0.4 is 5.32 Å². The maximum Gasteiger partial charge on any atom is 0.416 e. The maximum atomic E-state index is 13.1. The molecular weight excluding hydrogens is 385 g/mol. The molecule has 154 valence electrons. The molecule has 0 unspecified atom stereocenters. The van der Waals surface area contributed by atoms with Crippen LogP contribution >= 0.6 is 0 Å². The standard InChI is InChI=1S/C21H21F3N2O3/c1-26-11-16(13-7-5-8-15(10-13)21(22,23)24)18(20(26)28)19(27)25-17-9-4-3-6-14(17)12-29-2/h3-10,16,18H,11-12H2,1-2H3,(H,25,27)/t16-,18+/m1/s1. The number of rotatable bonds is 5. The first-order valence-electron chi connectivity index (χ1n) is 9.02. The average molecular weight is 406 g/mol. The number of carbonyl (C=O) groups excluding carboxylic acids is 2. The molecule has 1 aliphatic rings. The molecule has 29 heavy (non-hydrogen) atoms. The summed E-state index contributed by atoms with van der Waals surface area (Å²) in [6, 6.07) is 11.8. The molecule has 5 nitrogen and oxygen atoms in total. The van der Waals surface area contributed by atoms with E-state index in [4.69, 9.17) is 4.74 Å². The number of para-hydroxylation sites is 1. The van der Waals surface area contributed by atoms with Crippen molar-refractivity contribution < 1.29 is 27.5 Å². The minimum Gasteiger partial charge on any atom is -0.380 e. The lowest BCUT2D eigenvalue weighted by molar-refractivity contribution is -0.137. The van der Waals surface area contributed by atoms with E-state index in [9.17, 15) is 22.8 Å². The summed E-state index contributed by atoms with van der Waals surface area (Å²) in [5, 5.41) is 2.74. The van der Waals surface area contributed by atoms with Crippen molar-refractivity contribution >= 4 is 17.5 Å². The van der Waals surface area contributed by atoms with Crippen LogP contribution in [-0.2, 0) is 27.1 Å². The molecule has 0 spiro atoms. The van der Waals surface area contributed by atoms with Gasteiger partial charge in [0.15, 0.2) is 0 Å². The molecule has 0 radical (unpaired) electrons. The Kier molecular flexibility index (Phi) is 5.93. The SMILES string of the molecule is COCc1ccccc1NC(=O)[C@H]1C(=O)N(C)C[C@@H]1c1cccc(C(F)(F)F)c1. The summed E-state index contributed by atoms with van der Waals surface area (Å²) in [4.78, 5) is 27.0. The fourth-order valence-corrected chi connectivity index (χ4v) is 3.57. The van der Waals surface area contributed by atoms with Crippen LogP contribution in [0.1, 0.15) is 22.6 Å². The number of nitrogens with zero attached hydrogens (tertiary/aromatic N) is 1. The molecule has 0 bridgehead atoms. The third-order valence-corrected chi connectivity index (χ3v) is 5.01. The van der Waals surface area contributed by atoms with Crippen LogP contribution in [0.3, 0.4) is 0 Å². The number of alkyl halides is 3. The van der Waals surface area contributed by atoms with Crippen molar-refractivity contribution in [2.75, 3.05) is 26.0 Å². The lowest BCUT2D eigenvalue weighted by atomic mass is 9.87. The molecule has 1 heterocycles. The van der Waals surface area contributed by atoms with Crippen LogP contribution in [0.5, 0.6) is 0 Å². The quantitative estimate of drug-likeness (QED) is 0.771. The Balaban J connectivity index is 1.90. The Bertz CT molecular complexity index is 914. The zero-order valence-electron chi connectivity index (χ0n) is 16.0. The number of hydrogen-bond donors (Lipinski definition) is 1. The van der Waals surface area contributed by atoms with Gasteiger partial charge in [0.2, 0.25) is 11.8 Å². The Hall–Kier alpha value is -2.87. The van der Waals surface area contributed by atoms with E-state index in [2.05, 4.69) is 5.32 Å². The molecule has 1 N–H and O–H groups in total. The van der Waals surface area contributed by atoms with Gasteiger partial charge in [0.05, 0.1) is 12.2 Å². The minimum absolute atomic E-state index is 0.165. The number of anilines is 1. The predicted molar refractivity (Wildman–Crippen MR) is 101 cm³/mol. The number of ether oxygens (including phenoxy) is 1. The highest BCUT2D eigenvalue weighted by Crippen LogP contribution is 2.37. The fourth-order valence-electron chi connectivity index (χ4n) is 3.57. The average Bonchev–Trinajstić information content (AvgIpc) is 2.98. The normalized spacial score (nSPS) is 19.5. The van der Waals surface area contributed by atoms with Crippen molar-refractivity contribution in [3.8, 4) is 0 Å². The largest absolute Gasteiger partial charge is 0.416 e. The van der Waals surface area contributed by atoms with Gasteiger partial charge in [-0.15, -0.1) is 0 Å². The fraction of sp³-hybridized carbons (Fsp3) is 0.333. The molecule has 1 saturated heterocycles. The van der Waals surface area contributed by atoms with Gasteiger partial charge in [0, 0.05) is 37.9 Å². The van der Waals surface area contributed by atoms with Crippen molar-refractivity contribution in [1.82, 2.24) is 4.90 Å². The Morgan fingerprint density at radius 1 is 1.21 bits per heavy atom. The molecule has 3 rings (SSSR count). The predicted octanol–water partition coefficient (Wildman–Crippen LogP) is 3.66. The topological polar surface area (TPSA) is 58.6 Å². The number of methoxy groups -OCH3 is 1. The highest BCUT2D eigenvalue weighted by atomic mass is 19.4. The zero-order valence-corrected chi connectivity index (χ0v) is 16.0. The van der Waals surface area contributed by atoms with E-state index in [0.717, 1.165) is 17.7 Å². The van der Waals surface area contributed by atoms with Gasteiger partial charge in [-0.1, -0.05) is 36.4 Å². The summed E-state index contributed by atoms with van der Waals surface area (Å²) >= 11 is 0. The number of carbonyl (C=O) groups is 2.